The van der Waals surface area contributed by atoms with Gasteiger partial charge in [-0.1, -0.05) is 13.3 Å². The average molecular weight is 252 g/mol. The maximum atomic E-state index is 10.8. The number of carboxylic acids is 1. The first-order chi connectivity index (χ1) is 8.67. The zero-order chi connectivity index (χ0) is 13.4. The lowest BCUT2D eigenvalue weighted by molar-refractivity contribution is 0.0690. The molecule has 0 aromatic carbocycles. The summed E-state index contributed by atoms with van der Waals surface area (Å²) in [5.74, 6) is -0.624. The quantitative estimate of drug-likeness (QED) is 0.659. The largest absolute Gasteiger partial charge is 0.477 e. The second-order valence-electron chi connectivity index (χ2n) is 4.28. The topological polar surface area (TPSA) is 82.5 Å². The number of aliphatic hydroxyl groups is 1. The minimum absolute atomic E-state index is 0.0363. The second kappa shape index (κ2) is 7.66. The number of carboxylic acid groups (broad SMARTS) is 1. The molecule has 1 aromatic heterocycles. The second-order valence-corrected chi connectivity index (χ2v) is 4.28. The fourth-order valence-corrected chi connectivity index (χ4v) is 1.86. The van der Waals surface area contributed by atoms with Crippen LogP contribution in [-0.4, -0.2) is 34.3 Å². The fraction of sp³-hybridized carbons (Fsp3) is 0.538. The van der Waals surface area contributed by atoms with E-state index in [0.717, 1.165) is 31.5 Å². The van der Waals surface area contributed by atoms with Crippen molar-refractivity contribution in [3.8, 4) is 0 Å². The summed E-state index contributed by atoms with van der Waals surface area (Å²) in [5, 5.41) is 21.0. The molecule has 0 aliphatic carbocycles. The van der Waals surface area contributed by atoms with Crippen molar-refractivity contribution in [2.24, 2.45) is 5.92 Å². The molecule has 0 amide bonds. The van der Waals surface area contributed by atoms with Crippen molar-refractivity contribution >= 4 is 11.7 Å². The highest BCUT2D eigenvalue weighted by atomic mass is 16.4. The number of nitrogens with one attached hydrogen (secondary N) is 1. The van der Waals surface area contributed by atoms with Gasteiger partial charge >= 0.3 is 5.97 Å². The van der Waals surface area contributed by atoms with Crippen molar-refractivity contribution in [3.05, 3.63) is 24.0 Å². The molecule has 0 spiro atoms. The van der Waals surface area contributed by atoms with Gasteiger partial charge in [0, 0.05) is 25.0 Å². The van der Waals surface area contributed by atoms with E-state index in [1.165, 1.54) is 12.3 Å². The summed E-state index contributed by atoms with van der Waals surface area (Å²) >= 11 is 0. The molecule has 18 heavy (non-hydrogen) atoms. The van der Waals surface area contributed by atoms with Crippen molar-refractivity contribution < 1.29 is 15.0 Å². The smallest absolute Gasteiger partial charge is 0.354 e. The van der Waals surface area contributed by atoms with Gasteiger partial charge in [0.1, 0.15) is 5.69 Å². The van der Waals surface area contributed by atoms with Crippen LogP contribution in [0, 0.1) is 5.92 Å². The van der Waals surface area contributed by atoms with Gasteiger partial charge in [0.2, 0.25) is 0 Å². The maximum Gasteiger partial charge on any atom is 0.354 e. The third kappa shape index (κ3) is 4.71. The third-order valence-corrected chi connectivity index (χ3v) is 2.81. The standard InChI is InChI=1S/C13H20N2O3/c1-2-3-10(5-7-16)9-15-11-4-6-14-12(8-11)13(17)18/h4,6,8,10,16H,2-3,5,7,9H2,1H3,(H,14,15)(H,17,18). The molecule has 0 bridgehead atoms. The van der Waals surface area contributed by atoms with E-state index in [-0.39, 0.29) is 12.3 Å². The Morgan fingerprint density at radius 1 is 1.50 bits per heavy atom. The van der Waals surface area contributed by atoms with E-state index in [4.69, 9.17) is 10.2 Å². The van der Waals surface area contributed by atoms with Gasteiger partial charge in [-0.3, -0.25) is 0 Å². The molecule has 0 saturated carbocycles. The number of aliphatic hydroxyl groups excluding tert-OH is 1. The minimum Gasteiger partial charge on any atom is -0.477 e. The van der Waals surface area contributed by atoms with Crippen LogP contribution in [0.4, 0.5) is 5.69 Å². The number of rotatable bonds is 8. The molecule has 5 nitrogen and oxygen atoms in total. The Balaban J connectivity index is 2.55. The van der Waals surface area contributed by atoms with Crippen molar-refractivity contribution in [2.75, 3.05) is 18.5 Å². The van der Waals surface area contributed by atoms with E-state index in [2.05, 4.69) is 17.2 Å². The molecule has 5 heteroatoms. The van der Waals surface area contributed by atoms with Crippen LogP contribution >= 0.6 is 0 Å². The Morgan fingerprint density at radius 2 is 2.28 bits per heavy atom. The summed E-state index contributed by atoms with van der Waals surface area (Å²) in [7, 11) is 0. The molecule has 0 aliphatic heterocycles. The summed E-state index contributed by atoms with van der Waals surface area (Å²) in [5.41, 5.74) is 0.788. The van der Waals surface area contributed by atoms with Crippen LogP contribution < -0.4 is 5.32 Å². The number of aromatic nitrogens is 1. The molecule has 0 radical (unpaired) electrons. The Labute approximate surface area is 107 Å². The first kappa shape index (κ1) is 14.4. The molecule has 1 unspecified atom stereocenters. The number of anilines is 1. The van der Waals surface area contributed by atoms with Crippen LogP contribution in [0.15, 0.2) is 18.3 Å². The van der Waals surface area contributed by atoms with Gasteiger partial charge in [0.15, 0.2) is 0 Å². The first-order valence-corrected chi connectivity index (χ1v) is 6.21. The SMILES string of the molecule is CCCC(CCO)CNc1ccnc(C(=O)O)c1. The highest BCUT2D eigenvalue weighted by Crippen LogP contribution is 2.14. The molecule has 0 saturated heterocycles. The molecule has 1 aromatic rings. The monoisotopic (exact) mass is 252 g/mol. The normalized spacial score (nSPS) is 12.1. The van der Waals surface area contributed by atoms with E-state index in [1.54, 1.807) is 6.07 Å². The van der Waals surface area contributed by atoms with E-state index >= 15 is 0 Å². The molecule has 0 fully saturated rings. The van der Waals surface area contributed by atoms with Crippen molar-refractivity contribution in [1.29, 1.82) is 0 Å². The van der Waals surface area contributed by atoms with E-state index < -0.39 is 5.97 Å². The summed E-state index contributed by atoms with van der Waals surface area (Å²) < 4.78 is 0. The summed E-state index contributed by atoms with van der Waals surface area (Å²) in [6, 6.07) is 3.26. The lowest BCUT2D eigenvalue weighted by Crippen LogP contribution is -2.16. The van der Waals surface area contributed by atoms with Gasteiger partial charge in [0.25, 0.3) is 0 Å². The van der Waals surface area contributed by atoms with Crippen LogP contribution in [-0.2, 0) is 0 Å². The Kier molecular flexibility index (Phi) is 6.14. The Hall–Kier alpha value is -1.62. The van der Waals surface area contributed by atoms with E-state index in [9.17, 15) is 4.79 Å². The zero-order valence-electron chi connectivity index (χ0n) is 10.6. The molecule has 1 heterocycles. The van der Waals surface area contributed by atoms with Gasteiger partial charge in [-0.15, -0.1) is 0 Å². The predicted octanol–water partition coefficient (Wildman–Crippen LogP) is 1.99. The fourth-order valence-electron chi connectivity index (χ4n) is 1.86. The van der Waals surface area contributed by atoms with Crippen LogP contribution in [0.3, 0.4) is 0 Å². The molecule has 0 aliphatic rings. The Morgan fingerprint density at radius 3 is 2.89 bits per heavy atom. The van der Waals surface area contributed by atoms with Gasteiger partial charge in [-0.2, -0.15) is 0 Å². The van der Waals surface area contributed by atoms with Crippen LogP contribution in [0.1, 0.15) is 36.7 Å². The van der Waals surface area contributed by atoms with Gasteiger partial charge in [-0.05, 0) is 30.9 Å². The van der Waals surface area contributed by atoms with Crippen molar-refractivity contribution in [1.82, 2.24) is 4.98 Å². The number of pyridine rings is 1. The molecular formula is C13H20N2O3. The summed E-state index contributed by atoms with van der Waals surface area (Å²) in [4.78, 5) is 14.5. The van der Waals surface area contributed by atoms with Crippen LogP contribution in [0.25, 0.3) is 0 Å². The molecule has 3 N–H and O–H groups in total. The number of nitrogens with zero attached hydrogens (tertiary/aromatic N) is 1. The number of hydrogen-bond donors (Lipinski definition) is 3. The lowest BCUT2D eigenvalue weighted by atomic mass is 10.0. The maximum absolute atomic E-state index is 10.8. The van der Waals surface area contributed by atoms with Crippen molar-refractivity contribution in [3.63, 3.8) is 0 Å². The number of hydrogen-bond acceptors (Lipinski definition) is 4. The molecule has 100 valence electrons. The minimum atomic E-state index is -1.03. The molecule has 1 atom stereocenters. The van der Waals surface area contributed by atoms with Gasteiger partial charge in [0.05, 0.1) is 0 Å². The van der Waals surface area contributed by atoms with Gasteiger partial charge < -0.3 is 15.5 Å². The molecule has 1 rings (SSSR count). The average Bonchev–Trinajstić information content (AvgIpc) is 2.37. The van der Waals surface area contributed by atoms with Gasteiger partial charge in [-0.25, -0.2) is 9.78 Å². The van der Waals surface area contributed by atoms with E-state index in [0.29, 0.717) is 5.92 Å². The van der Waals surface area contributed by atoms with E-state index in [1.807, 2.05) is 0 Å². The highest BCUT2D eigenvalue weighted by Gasteiger charge is 2.08. The number of aromatic carboxylic acids is 1. The number of carbonyl (C=O) groups is 1. The van der Waals surface area contributed by atoms with Crippen LogP contribution in [0.2, 0.25) is 0 Å². The summed E-state index contributed by atoms with van der Waals surface area (Å²) in [6.07, 6.45) is 4.36. The highest BCUT2D eigenvalue weighted by molar-refractivity contribution is 5.86. The first-order valence-electron chi connectivity index (χ1n) is 6.21. The third-order valence-electron chi connectivity index (χ3n) is 2.81. The van der Waals surface area contributed by atoms with Crippen molar-refractivity contribution in [2.45, 2.75) is 26.2 Å². The molecular weight excluding hydrogens is 232 g/mol. The van der Waals surface area contributed by atoms with Crippen LogP contribution in [0.5, 0.6) is 0 Å². The lowest BCUT2D eigenvalue weighted by Gasteiger charge is -2.16. The predicted molar refractivity (Wildman–Crippen MR) is 69.8 cm³/mol. The summed E-state index contributed by atoms with van der Waals surface area (Å²) in [6.45, 7) is 3.03. The Bertz CT molecular complexity index is 376. The zero-order valence-corrected chi connectivity index (χ0v) is 10.6.